The van der Waals surface area contributed by atoms with Crippen LogP contribution in [0.5, 0.6) is 0 Å². The number of sulfonamides is 1. The Morgan fingerprint density at radius 2 is 1.80 bits per heavy atom. The van der Waals surface area contributed by atoms with Crippen LogP contribution in [-0.2, 0) is 10.0 Å². The van der Waals surface area contributed by atoms with Crippen molar-refractivity contribution in [2.45, 2.75) is 24.7 Å². The number of amides is 1. The summed E-state index contributed by atoms with van der Waals surface area (Å²) >= 11 is 7.43. The van der Waals surface area contributed by atoms with E-state index in [2.05, 4.69) is 36.3 Å². The molecule has 1 N–H and O–H groups in total. The second-order valence-corrected chi connectivity index (χ2v) is 10.6. The normalized spacial score (nSPS) is 11.8. The molecule has 0 bridgehead atoms. The Morgan fingerprint density at radius 1 is 1.13 bits per heavy atom. The summed E-state index contributed by atoms with van der Waals surface area (Å²) in [6.45, 7) is 4.27. The number of thiazole rings is 1. The van der Waals surface area contributed by atoms with Gasteiger partial charge in [-0.3, -0.25) is 10.1 Å². The third-order valence-electron chi connectivity index (χ3n) is 4.56. The van der Waals surface area contributed by atoms with Gasteiger partial charge in [-0.05, 0) is 29.7 Å². The maximum Gasteiger partial charge on any atom is 0.259 e. The topological polar surface area (TPSA) is 79.4 Å². The van der Waals surface area contributed by atoms with E-state index in [0.717, 1.165) is 15.6 Å². The predicted molar refractivity (Wildman–Crippen MR) is 122 cm³/mol. The summed E-state index contributed by atoms with van der Waals surface area (Å²) in [4.78, 5) is 17.2. The lowest BCUT2D eigenvalue weighted by atomic mass is 10.0. The van der Waals surface area contributed by atoms with E-state index in [-0.39, 0.29) is 15.5 Å². The Balaban J connectivity index is 1.82. The van der Waals surface area contributed by atoms with Gasteiger partial charge in [-0.15, -0.1) is 11.3 Å². The number of hydrogen-bond acceptors (Lipinski definition) is 5. The number of benzene rings is 2. The Kier molecular flexibility index (Phi) is 6.62. The molecule has 0 aliphatic heterocycles. The van der Waals surface area contributed by atoms with Crippen molar-refractivity contribution < 1.29 is 13.2 Å². The number of aromatic nitrogens is 1. The van der Waals surface area contributed by atoms with Gasteiger partial charge in [-0.25, -0.2) is 17.7 Å². The first-order chi connectivity index (χ1) is 14.1. The van der Waals surface area contributed by atoms with E-state index in [1.54, 1.807) is 0 Å². The van der Waals surface area contributed by atoms with Crippen LogP contribution in [0.15, 0.2) is 52.7 Å². The third kappa shape index (κ3) is 4.73. The molecule has 158 valence electrons. The molecule has 0 unspecified atom stereocenters. The maximum absolute atomic E-state index is 12.7. The van der Waals surface area contributed by atoms with E-state index in [1.807, 2.05) is 17.5 Å². The van der Waals surface area contributed by atoms with Gasteiger partial charge < -0.3 is 0 Å². The molecule has 1 heterocycles. The van der Waals surface area contributed by atoms with Gasteiger partial charge in [-0.1, -0.05) is 49.7 Å². The molecule has 2 aromatic carbocycles. The van der Waals surface area contributed by atoms with Crippen LogP contribution in [0.1, 0.15) is 35.7 Å². The Hall–Kier alpha value is -2.26. The molecule has 1 aromatic heterocycles. The lowest BCUT2D eigenvalue weighted by molar-refractivity contribution is 0.102. The van der Waals surface area contributed by atoms with Crippen LogP contribution in [-0.4, -0.2) is 37.7 Å². The van der Waals surface area contributed by atoms with Gasteiger partial charge in [0, 0.05) is 25.0 Å². The Labute approximate surface area is 185 Å². The van der Waals surface area contributed by atoms with Gasteiger partial charge in [0.15, 0.2) is 5.13 Å². The van der Waals surface area contributed by atoms with E-state index >= 15 is 0 Å². The van der Waals surface area contributed by atoms with Crippen molar-refractivity contribution in [2.75, 3.05) is 19.4 Å². The zero-order valence-electron chi connectivity index (χ0n) is 17.0. The minimum atomic E-state index is -3.68. The van der Waals surface area contributed by atoms with Crippen molar-refractivity contribution in [3.05, 3.63) is 64.0 Å². The lowest BCUT2D eigenvalue weighted by Crippen LogP contribution is -2.23. The zero-order valence-corrected chi connectivity index (χ0v) is 19.4. The van der Waals surface area contributed by atoms with Crippen LogP contribution in [0.2, 0.25) is 5.02 Å². The molecular formula is C21H22ClN3O3S2. The van der Waals surface area contributed by atoms with Crippen LogP contribution in [0.25, 0.3) is 11.3 Å². The van der Waals surface area contributed by atoms with Crippen molar-refractivity contribution in [2.24, 2.45) is 0 Å². The molecule has 0 atom stereocenters. The highest BCUT2D eigenvalue weighted by atomic mass is 35.5. The van der Waals surface area contributed by atoms with Gasteiger partial charge in [-0.2, -0.15) is 0 Å². The smallest absolute Gasteiger partial charge is 0.259 e. The van der Waals surface area contributed by atoms with Crippen molar-refractivity contribution in [1.82, 2.24) is 9.29 Å². The number of nitrogens with zero attached hydrogens (tertiary/aromatic N) is 2. The first kappa shape index (κ1) is 22.4. The highest BCUT2D eigenvalue weighted by molar-refractivity contribution is 7.89. The lowest BCUT2D eigenvalue weighted by Gasteiger charge is -2.13. The fourth-order valence-electron chi connectivity index (χ4n) is 2.72. The molecule has 3 rings (SSSR count). The van der Waals surface area contributed by atoms with Crippen molar-refractivity contribution >= 4 is 44.0 Å². The van der Waals surface area contributed by atoms with Crippen LogP contribution in [0, 0.1) is 0 Å². The first-order valence-corrected chi connectivity index (χ1v) is 11.9. The Morgan fingerprint density at radius 3 is 2.40 bits per heavy atom. The molecule has 0 spiro atoms. The number of rotatable bonds is 6. The first-order valence-electron chi connectivity index (χ1n) is 9.19. The summed E-state index contributed by atoms with van der Waals surface area (Å²) in [7, 11) is -0.832. The molecule has 6 nitrogen and oxygen atoms in total. The minimum absolute atomic E-state index is 0.00730. The summed E-state index contributed by atoms with van der Waals surface area (Å²) in [5, 5.41) is 5.12. The third-order valence-corrected chi connectivity index (χ3v) is 7.46. The van der Waals surface area contributed by atoms with Crippen molar-refractivity contribution in [3.63, 3.8) is 0 Å². The van der Waals surface area contributed by atoms with Gasteiger partial charge in [0.05, 0.1) is 21.2 Å². The number of nitrogens with one attached hydrogen (secondary N) is 1. The van der Waals surface area contributed by atoms with Crippen LogP contribution >= 0.6 is 22.9 Å². The monoisotopic (exact) mass is 463 g/mol. The number of anilines is 1. The highest BCUT2D eigenvalue weighted by Crippen LogP contribution is 2.28. The number of carbonyl (C=O) groups excluding carboxylic acids is 1. The van der Waals surface area contributed by atoms with Gasteiger partial charge in [0.2, 0.25) is 10.0 Å². The molecule has 1 amide bonds. The summed E-state index contributed by atoms with van der Waals surface area (Å²) in [6, 6.07) is 12.2. The van der Waals surface area contributed by atoms with Crippen LogP contribution in [0.3, 0.4) is 0 Å². The predicted octanol–water partition coefficient (Wildman–Crippen LogP) is 5.09. The number of carbonyl (C=O) groups is 1. The highest BCUT2D eigenvalue weighted by Gasteiger charge is 2.21. The number of hydrogen-bond donors (Lipinski definition) is 1. The second kappa shape index (κ2) is 8.85. The maximum atomic E-state index is 12.7. The molecule has 30 heavy (non-hydrogen) atoms. The molecule has 0 saturated carbocycles. The summed E-state index contributed by atoms with van der Waals surface area (Å²) in [6.07, 6.45) is 0. The van der Waals surface area contributed by atoms with E-state index < -0.39 is 15.9 Å². The molecule has 9 heteroatoms. The van der Waals surface area contributed by atoms with Gasteiger partial charge >= 0.3 is 0 Å². The van der Waals surface area contributed by atoms with E-state index in [0.29, 0.717) is 11.0 Å². The SMILES string of the molecule is CC(C)c1ccc(-c2csc(NC(=O)c3cc(S(=O)(=O)N(C)C)ccc3Cl)n2)cc1. The fraction of sp³-hybridized carbons (Fsp3) is 0.238. The fourth-order valence-corrected chi connectivity index (χ4v) is 4.56. The molecule has 0 fully saturated rings. The zero-order chi connectivity index (χ0) is 22.1. The molecule has 0 aliphatic rings. The number of halogens is 1. The molecule has 0 aliphatic carbocycles. The largest absolute Gasteiger partial charge is 0.298 e. The summed E-state index contributed by atoms with van der Waals surface area (Å²) < 4.78 is 25.8. The van der Waals surface area contributed by atoms with Crippen LogP contribution < -0.4 is 5.32 Å². The molecule has 0 radical (unpaired) electrons. The average molecular weight is 464 g/mol. The minimum Gasteiger partial charge on any atom is -0.298 e. The average Bonchev–Trinajstić information content (AvgIpc) is 3.16. The van der Waals surface area contributed by atoms with Crippen LogP contribution in [0.4, 0.5) is 5.13 Å². The summed E-state index contributed by atoms with van der Waals surface area (Å²) in [5.41, 5.74) is 3.01. The molecular weight excluding hydrogens is 442 g/mol. The standard InChI is InChI=1S/C21H22ClN3O3S2/c1-13(2)14-5-7-15(8-6-14)19-12-29-21(23-19)24-20(26)17-11-16(9-10-18(17)22)30(27,28)25(3)4/h5-13H,1-4H3,(H,23,24,26). The van der Waals surface area contributed by atoms with Crippen molar-refractivity contribution in [1.29, 1.82) is 0 Å². The second-order valence-electron chi connectivity index (χ2n) is 7.20. The van der Waals surface area contributed by atoms with E-state index in [4.69, 9.17) is 11.6 Å². The van der Waals surface area contributed by atoms with Gasteiger partial charge in [0.25, 0.3) is 5.91 Å². The summed E-state index contributed by atoms with van der Waals surface area (Å²) in [5.74, 6) is -0.0759. The van der Waals surface area contributed by atoms with E-state index in [1.165, 1.54) is 49.2 Å². The molecule has 0 saturated heterocycles. The molecule has 3 aromatic rings. The van der Waals surface area contributed by atoms with E-state index in [9.17, 15) is 13.2 Å². The van der Waals surface area contributed by atoms with Crippen molar-refractivity contribution in [3.8, 4) is 11.3 Å². The quantitative estimate of drug-likeness (QED) is 0.552. The van der Waals surface area contributed by atoms with Gasteiger partial charge in [0.1, 0.15) is 0 Å². The Bertz CT molecular complexity index is 1170.